The van der Waals surface area contributed by atoms with Crippen LogP contribution in [0.15, 0.2) is 47.3 Å². The molecule has 4 heterocycles. The molecule has 6 rings (SSSR count). The summed E-state index contributed by atoms with van der Waals surface area (Å²) in [4.78, 5) is 65.6. The maximum Gasteiger partial charge on any atom is 0.278 e. The minimum absolute atomic E-state index is 0.107. The number of primary amides is 1. The molecule has 4 amide bonds. The molecular weight excluding hydrogens is 580 g/mol. The number of nitrogens with zero attached hydrogens (tertiary/aromatic N) is 5. The van der Waals surface area contributed by atoms with Gasteiger partial charge in [0.2, 0.25) is 11.8 Å². The Labute approximate surface area is 258 Å². The minimum Gasteiger partial charge on any atom is -0.484 e. The van der Waals surface area contributed by atoms with Crippen molar-refractivity contribution >= 4 is 40.2 Å². The Kier molecular flexibility index (Phi) is 8.74. The summed E-state index contributed by atoms with van der Waals surface area (Å²) in [5.41, 5.74) is 6.78. The summed E-state index contributed by atoms with van der Waals surface area (Å²) in [6.07, 6.45) is 3.05. The molecular formula is C31H36N8O6. The van der Waals surface area contributed by atoms with Gasteiger partial charge in [-0.1, -0.05) is 5.21 Å². The highest BCUT2D eigenvalue weighted by molar-refractivity contribution is 5.99. The van der Waals surface area contributed by atoms with E-state index in [1.54, 1.807) is 24.3 Å². The predicted octanol–water partition coefficient (Wildman–Crippen LogP) is 0.354. The van der Waals surface area contributed by atoms with Crippen molar-refractivity contribution in [2.45, 2.75) is 44.2 Å². The van der Waals surface area contributed by atoms with Crippen LogP contribution in [-0.2, 0) is 14.4 Å². The summed E-state index contributed by atoms with van der Waals surface area (Å²) in [6.45, 7) is 3.76. The number of amides is 4. The first-order valence-electron chi connectivity index (χ1n) is 15.3. The van der Waals surface area contributed by atoms with Crippen molar-refractivity contribution in [1.82, 2.24) is 30.5 Å². The van der Waals surface area contributed by atoms with Crippen molar-refractivity contribution in [2.75, 3.05) is 44.2 Å². The van der Waals surface area contributed by atoms with Crippen LogP contribution >= 0.6 is 0 Å². The number of ether oxygens (including phenoxy) is 1. The van der Waals surface area contributed by atoms with Crippen LogP contribution in [0, 0.1) is 5.92 Å². The van der Waals surface area contributed by atoms with Crippen molar-refractivity contribution in [3.63, 3.8) is 0 Å². The van der Waals surface area contributed by atoms with Gasteiger partial charge in [-0.3, -0.25) is 29.3 Å². The molecule has 0 spiro atoms. The van der Waals surface area contributed by atoms with E-state index >= 15 is 0 Å². The average molecular weight is 617 g/mol. The van der Waals surface area contributed by atoms with Crippen molar-refractivity contribution in [3.05, 3.63) is 58.4 Å². The largest absolute Gasteiger partial charge is 0.484 e. The summed E-state index contributed by atoms with van der Waals surface area (Å²) in [7, 11) is 0. The van der Waals surface area contributed by atoms with E-state index in [-0.39, 0.29) is 36.6 Å². The molecule has 3 aliphatic rings. The van der Waals surface area contributed by atoms with Crippen LogP contribution in [0.2, 0.25) is 0 Å². The number of aromatic nitrogens is 3. The molecule has 3 fully saturated rings. The SMILES string of the molecule is NC(=O)c1ccc(N2CCNCC2CC2CCN(C(=O)COc3ccc4nnn(C5CCC(=O)NC5=O)c(=O)c4c3)CC2)cc1. The van der Waals surface area contributed by atoms with E-state index in [2.05, 4.69) is 25.8 Å². The summed E-state index contributed by atoms with van der Waals surface area (Å²) in [6, 6.07) is 11.5. The molecule has 2 atom stereocenters. The zero-order valence-electron chi connectivity index (χ0n) is 24.8. The molecule has 14 heteroatoms. The Morgan fingerprint density at radius 1 is 1.00 bits per heavy atom. The number of carbonyl (C=O) groups excluding carboxylic acids is 4. The van der Waals surface area contributed by atoms with Gasteiger partial charge in [0.25, 0.3) is 17.4 Å². The molecule has 0 radical (unpaired) electrons. The van der Waals surface area contributed by atoms with Crippen molar-refractivity contribution in [3.8, 4) is 5.75 Å². The quantitative estimate of drug-likeness (QED) is 0.299. The Morgan fingerprint density at radius 2 is 1.78 bits per heavy atom. The summed E-state index contributed by atoms with van der Waals surface area (Å²) in [5.74, 6) is -0.736. The van der Waals surface area contributed by atoms with Gasteiger partial charge in [0.05, 0.1) is 5.39 Å². The van der Waals surface area contributed by atoms with E-state index in [0.29, 0.717) is 41.9 Å². The number of fused-ring (bicyclic) bond motifs is 1. The summed E-state index contributed by atoms with van der Waals surface area (Å²) < 4.78 is 6.78. The van der Waals surface area contributed by atoms with Crippen LogP contribution in [0.1, 0.15) is 48.5 Å². The number of likely N-dealkylation sites (tertiary alicyclic amines) is 1. The van der Waals surface area contributed by atoms with Gasteiger partial charge < -0.3 is 25.6 Å². The maximum atomic E-state index is 13.1. The third-order valence-electron chi connectivity index (χ3n) is 8.93. The second kappa shape index (κ2) is 13.0. The second-order valence-electron chi connectivity index (χ2n) is 11.8. The Hall–Kier alpha value is -4.85. The molecule has 2 aromatic carbocycles. The molecule has 3 aliphatic heterocycles. The lowest BCUT2D eigenvalue weighted by Crippen LogP contribution is -2.52. The van der Waals surface area contributed by atoms with Gasteiger partial charge in [-0.25, -0.2) is 0 Å². The van der Waals surface area contributed by atoms with Crippen molar-refractivity contribution < 1.29 is 23.9 Å². The van der Waals surface area contributed by atoms with Crippen molar-refractivity contribution in [1.29, 1.82) is 0 Å². The predicted molar refractivity (Wildman–Crippen MR) is 164 cm³/mol. The highest BCUT2D eigenvalue weighted by Gasteiger charge is 2.31. The van der Waals surface area contributed by atoms with Crippen LogP contribution in [0.5, 0.6) is 5.75 Å². The highest BCUT2D eigenvalue weighted by atomic mass is 16.5. The Bertz CT molecular complexity index is 1670. The number of carbonyl (C=O) groups is 4. The van der Waals surface area contributed by atoms with E-state index in [4.69, 9.17) is 10.5 Å². The lowest BCUT2D eigenvalue weighted by atomic mass is 9.88. The molecule has 2 unspecified atom stereocenters. The van der Waals surface area contributed by atoms with Gasteiger partial charge in [0.1, 0.15) is 17.3 Å². The zero-order valence-corrected chi connectivity index (χ0v) is 24.8. The molecule has 1 aromatic heterocycles. The fourth-order valence-electron chi connectivity index (χ4n) is 6.41. The monoisotopic (exact) mass is 616 g/mol. The third-order valence-corrected chi connectivity index (χ3v) is 8.93. The fraction of sp³-hybridized carbons (Fsp3) is 0.452. The van der Waals surface area contributed by atoms with Crippen LogP contribution < -0.4 is 31.6 Å². The van der Waals surface area contributed by atoms with Gasteiger partial charge in [-0.05, 0) is 74.1 Å². The third kappa shape index (κ3) is 6.65. The molecule has 3 saturated heterocycles. The molecule has 45 heavy (non-hydrogen) atoms. The highest BCUT2D eigenvalue weighted by Crippen LogP contribution is 2.28. The van der Waals surface area contributed by atoms with Gasteiger partial charge >= 0.3 is 0 Å². The van der Waals surface area contributed by atoms with Gasteiger partial charge in [-0.15, -0.1) is 5.10 Å². The molecule has 3 aromatic rings. The first-order valence-corrected chi connectivity index (χ1v) is 15.3. The van der Waals surface area contributed by atoms with E-state index in [1.807, 2.05) is 17.0 Å². The van der Waals surface area contributed by atoms with Gasteiger partial charge in [-0.2, -0.15) is 4.68 Å². The maximum absolute atomic E-state index is 13.1. The second-order valence-corrected chi connectivity index (χ2v) is 11.8. The number of hydrogen-bond donors (Lipinski definition) is 3. The molecule has 0 aliphatic carbocycles. The van der Waals surface area contributed by atoms with E-state index in [1.165, 1.54) is 6.07 Å². The number of nitrogens with one attached hydrogen (secondary N) is 2. The standard InChI is InChI=1S/C31H36N8O6/c32-29(42)20-1-3-21(4-2-20)38-14-11-33-17-22(38)15-19-9-12-37(13-10-19)28(41)18-45-23-5-6-25-24(16-23)31(44)39(36-35-25)26-7-8-27(40)34-30(26)43/h1-6,16,19,22,26,33H,7-15,17-18H2,(H2,32,42)(H,34,40,43). The number of anilines is 1. The van der Waals surface area contributed by atoms with Crippen molar-refractivity contribution in [2.24, 2.45) is 11.7 Å². The lowest BCUT2D eigenvalue weighted by Gasteiger charge is -2.41. The zero-order chi connectivity index (χ0) is 31.5. The van der Waals surface area contributed by atoms with Crippen LogP contribution in [0.4, 0.5) is 5.69 Å². The lowest BCUT2D eigenvalue weighted by molar-refractivity contribution is -0.136. The summed E-state index contributed by atoms with van der Waals surface area (Å²) >= 11 is 0. The number of nitrogens with two attached hydrogens (primary N) is 1. The molecule has 0 saturated carbocycles. The van der Waals surface area contributed by atoms with Crippen LogP contribution in [0.25, 0.3) is 10.9 Å². The minimum atomic E-state index is -0.923. The van der Waals surface area contributed by atoms with E-state index < -0.39 is 23.4 Å². The number of hydrogen-bond acceptors (Lipinski definition) is 10. The van der Waals surface area contributed by atoms with E-state index in [0.717, 1.165) is 49.3 Å². The normalized spacial score (nSPS) is 21.1. The van der Waals surface area contributed by atoms with Crippen LogP contribution in [-0.4, -0.2) is 88.9 Å². The van der Waals surface area contributed by atoms with Crippen LogP contribution in [0.3, 0.4) is 0 Å². The summed E-state index contributed by atoms with van der Waals surface area (Å²) in [5, 5.41) is 13.9. The van der Waals surface area contributed by atoms with Gasteiger partial charge in [0.15, 0.2) is 6.61 Å². The van der Waals surface area contributed by atoms with Gasteiger partial charge in [0, 0.05) is 56.4 Å². The topological polar surface area (TPSA) is 182 Å². The number of piperidine rings is 2. The first kappa shape index (κ1) is 30.2. The Morgan fingerprint density at radius 3 is 2.51 bits per heavy atom. The molecule has 4 N–H and O–H groups in total. The smallest absolute Gasteiger partial charge is 0.278 e. The number of piperazine rings is 1. The molecule has 236 valence electrons. The molecule has 14 nitrogen and oxygen atoms in total. The number of rotatable bonds is 8. The Balaban J connectivity index is 1.03. The first-order chi connectivity index (χ1) is 21.8. The van der Waals surface area contributed by atoms with E-state index in [9.17, 15) is 24.0 Å². The number of benzene rings is 2. The average Bonchev–Trinajstić information content (AvgIpc) is 3.05. The fourth-order valence-corrected chi connectivity index (χ4v) is 6.41. The number of imide groups is 1. The molecule has 0 bridgehead atoms.